The molecule has 0 bridgehead atoms. The molecule has 0 spiro atoms. The summed E-state index contributed by atoms with van der Waals surface area (Å²) < 4.78 is 251. The van der Waals surface area contributed by atoms with Crippen molar-refractivity contribution in [2.45, 2.75) is 157 Å². The molecule has 334 valence electrons. The second kappa shape index (κ2) is 21.6. The van der Waals surface area contributed by atoms with E-state index < -0.39 is 79.3 Å². The van der Waals surface area contributed by atoms with Gasteiger partial charge in [-0.05, 0) is 30.5 Å². The van der Waals surface area contributed by atoms with Crippen LogP contribution in [0.5, 0.6) is 5.75 Å². The van der Waals surface area contributed by atoms with Gasteiger partial charge in [0.15, 0.2) is 0 Å². The Labute approximate surface area is 319 Å². The summed E-state index contributed by atoms with van der Waals surface area (Å²) in [6, 6.07) is 5.33. The first kappa shape index (κ1) is 52.5. The van der Waals surface area contributed by atoms with Crippen molar-refractivity contribution in [2.75, 3.05) is 20.5 Å². The van der Waals surface area contributed by atoms with Crippen molar-refractivity contribution in [3.05, 3.63) is 42.5 Å². The van der Waals surface area contributed by atoms with Gasteiger partial charge in [-0.1, -0.05) is 89.3 Å². The van der Waals surface area contributed by atoms with E-state index in [0.29, 0.717) is 12.0 Å². The van der Waals surface area contributed by atoms with Crippen LogP contribution in [0.25, 0.3) is 0 Å². The van der Waals surface area contributed by atoms with Gasteiger partial charge in [0.2, 0.25) is 0 Å². The normalized spacial score (nSPS) is 15.1. The lowest BCUT2D eigenvalue weighted by atomic mass is 9.88. The van der Waals surface area contributed by atoms with Crippen LogP contribution in [0.4, 0.5) is 74.6 Å². The number of hydrogen-bond acceptors (Lipinski definition) is 4. The summed E-state index contributed by atoms with van der Waals surface area (Å²) in [7, 11) is 1.43. The quantitative estimate of drug-likeness (QED) is 0.0334. The van der Waals surface area contributed by atoms with Crippen molar-refractivity contribution in [1.29, 1.82) is 0 Å². The van der Waals surface area contributed by atoms with E-state index >= 15 is 0 Å². The van der Waals surface area contributed by atoms with Crippen molar-refractivity contribution in [3.63, 3.8) is 0 Å². The minimum atomic E-state index is -8.65. The summed E-state index contributed by atoms with van der Waals surface area (Å²) in [5.41, 5.74) is 0.537. The maximum absolute atomic E-state index is 14.2. The lowest BCUT2D eigenvalue weighted by molar-refractivity contribution is -0.461. The molecule has 0 radical (unpaired) electrons. The van der Waals surface area contributed by atoms with Crippen LogP contribution < -0.4 is 4.74 Å². The molecule has 1 aromatic carbocycles. The molecule has 0 saturated heterocycles. The Hall–Kier alpha value is -2.55. The fourth-order valence-corrected chi connectivity index (χ4v) is 5.37. The van der Waals surface area contributed by atoms with Gasteiger partial charge >= 0.3 is 47.6 Å². The molecule has 0 unspecified atom stereocenters. The molecule has 1 rings (SSSR count). The summed E-state index contributed by atoms with van der Waals surface area (Å²) in [4.78, 5) is 0. The first-order chi connectivity index (χ1) is 26.1. The molecule has 0 aliphatic rings. The molecule has 0 amide bonds. The number of hydrogen-bond donors (Lipinski definition) is 0. The molecule has 0 fully saturated rings. The summed E-state index contributed by atoms with van der Waals surface area (Å²) in [6.45, 7) is 4.86. The lowest BCUT2D eigenvalue weighted by Gasteiger charge is -2.42. The van der Waals surface area contributed by atoms with E-state index in [9.17, 15) is 74.6 Å². The van der Waals surface area contributed by atoms with Crippen LogP contribution in [0.3, 0.4) is 0 Å². The Kier molecular flexibility index (Phi) is 19.9. The van der Waals surface area contributed by atoms with Crippen molar-refractivity contribution in [2.24, 2.45) is 0 Å². The average Bonchev–Trinajstić information content (AvgIpc) is 3.12. The smallest absolute Gasteiger partial charge is 0.460 e. The van der Waals surface area contributed by atoms with Crippen LogP contribution in [-0.2, 0) is 20.8 Å². The molecule has 4 nitrogen and oxygen atoms in total. The van der Waals surface area contributed by atoms with E-state index in [2.05, 4.69) is 13.5 Å². The number of unbranched alkanes of at least 4 members (excludes halogenated alkanes) is 9. The van der Waals surface area contributed by atoms with Crippen LogP contribution in [0, 0.1) is 0 Å². The van der Waals surface area contributed by atoms with E-state index in [-0.39, 0.29) is 19.1 Å². The van der Waals surface area contributed by atoms with Crippen molar-refractivity contribution >= 4 is 0 Å². The van der Waals surface area contributed by atoms with Gasteiger partial charge in [-0.25, -0.2) is 0 Å². The number of alkyl halides is 17. The first-order valence-corrected chi connectivity index (χ1v) is 17.9. The molecule has 0 N–H and O–H groups in total. The number of halogens is 17. The van der Waals surface area contributed by atoms with E-state index in [1.54, 1.807) is 6.08 Å². The third-order valence-corrected chi connectivity index (χ3v) is 8.90. The van der Waals surface area contributed by atoms with Crippen LogP contribution >= 0.6 is 0 Å². The summed E-state index contributed by atoms with van der Waals surface area (Å²) >= 11 is 0. The minimum absolute atomic E-state index is 0.0162. The summed E-state index contributed by atoms with van der Waals surface area (Å²) in [6.07, 6.45) is 0.526. The second-order valence-electron chi connectivity index (χ2n) is 13.3. The summed E-state index contributed by atoms with van der Waals surface area (Å²) in [5, 5.41) is 0. The van der Waals surface area contributed by atoms with E-state index in [1.165, 1.54) is 63.5 Å². The van der Waals surface area contributed by atoms with E-state index in [1.807, 2.05) is 0 Å². The zero-order valence-electron chi connectivity index (χ0n) is 31.1. The highest BCUT2D eigenvalue weighted by Gasteiger charge is 2.95. The standard InChI is InChI=1S/C36H47F17O4/c1-4-6-7-8-9-10-11-12-13-14-16-28(27(5-2)57-24-54-3)56-23-25-17-19-26(20-18-25)55-22-15-21-29(37,38)30(39,40)31(41,42)32(43,44)33(45,46)34(47,48)35(49,50)36(51,52)53/h5,17-20,27-28H,2,4,6-16,21-24H2,1,3H3/t27-,28-/m1/s1. The molecule has 0 heterocycles. The Morgan fingerprint density at radius 2 is 1.04 bits per heavy atom. The molecule has 0 saturated carbocycles. The molecule has 57 heavy (non-hydrogen) atoms. The van der Waals surface area contributed by atoms with Gasteiger partial charge < -0.3 is 18.9 Å². The van der Waals surface area contributed by atoms with Crippen LogP contribution in [-0.4, -0.2) is 80.4 Å². The molecule has 0 aliphatic carbocycles. The van der Waals surface area contributed by atoms with Gasteiger partial charge in [-0.15, -0.1) is 6.58 Å². The highest BCUT2D eigenvalue weighted by molar-refractivity contribution is 5.27. The molecule has 0 aromatic heterocycles. The van der Waals surface area contributed by atoms with Crippen LogP contribution in [0.15, 0.2) is 36.9 Å². The van der Waals surface area contributed by atoms with E-state index in [0.717, 1.165) is 32.1 Å². The van der Waals surface area contributed by atoms with Gasteiger partial charge in [-0.3, -0.25) is 0 Å². The number of rotatable bonds is 30. The number of benzene rings is 1. The first-order valence-electron chi connectivity index (χ1n) is 17.9. The average molecular weight is 867 g/mol. The van der Waals surface area contributed by atoms with Gasteiger partial charge in [0.05, 0.1) is 19.3 Å². The predicted molar refractivity (Wildman–Crippen MR) is 174 cm³/mol. The monoisotopic (exact) mass is 866 g/mol. The van der Waals surface area contributed by atoms with Crippen LogP contribution in [0.2, 0.25) is 0 Å². The zero-order valence-corrected chi connectivity index (χ0v) is 31.1. The highest BCUT2D eigenvalue weighted by atomic mass is 19.4. The van der Waals surface area contributed by atoms with Gasteiger partial charge in [0.25, 0.3) is 0 Å². The van der Waals surface area contributed by atoms with Crippen molar-refractivity contribution in [1.82, 2.24) is 0 Å². The van der Waals surface area contributed by atoms with Gasteiger partial charge in [-0.2, -0.15) is 74.6 Å². The Morgan fingerprint density at radius 1 is 0.579 bits per heavy atom. The molecule has 0 aliphatic heterocycles. The van der Waals surface area contributed by atoms with Crippen molar-refractivity contribution < 1.29 is 93.6 Å². The molecule has 2 atom stereocenters. The van der Waals surface area contributed by atoms with Gasteiger partial charge in [0.1, 0.15) is 18.6 Å². The topological polar surface area (TPSA) is 36.9 Å². The molecule has 21 heteroatoms. The SMILES string of the molecule is C=C[C@@H](OCOC)[C@@H](CCCCCCCCCCCC)OCc1ccc(OCCCC(F)(F)C(F)(F)C(F)(F)C(F)(F)C(F)(F)C(F)(F)C(F)(F)C(F)(F)F)cc1. The van der Waals surface area contributed by atoms with Crippen molar-refractivity contribution in [3.8, 4) is 5.75 Å². The fraction of sp³-hybridized carbons (Fsp3) is 0.778. The minimum Gasteiger partial charge on any atom is -0.494 e. The lowest BCUT2D eigenvalue weighted by Crippen LogP contribution is -2.74. The maximum atomic E-state index is 14.2. The van der Waals surface area contributed by atoms with Crippen LogP contribution in [0.1, 0.15) is 96.0 Å². The maximum Gasteiger partial charge on any atom is 0.460 e. The fourth-order valence-electron chi connectivity index (χ4n) is 5.37. The molecular weight excluding hydrogens is 819 g/mol. The summed E-state index contributed by atoms with van der Waals surface area (Å²) in [5.74, 6) is -56.6. The molecular formula is C36H47F17O4. The largest absolute Gasteiger partial charge is 0.494 e. The second-order valence-corrected chi connectivity index (χ2v) is 13.3. The molecule has 1 aromatic rings. The Morgan fingerprint density at radius 3 is 1.49 bits per heavy atom. The van der Waals surface area contributed by atoms with Gasteiger partial charge in [0, 0.05) is 13.5 Å². The zero-order chi connectivity index (χ0) is 44.0. The van der Waals surface area contributed by atoms with E-state index in [4.69, 9.17) is 18.9 Å². The predicted octanol–water partition coefficient (Wildman–Crippen LogP) is 13.2. The third-order valence-electron chi connectivity index (χ3n) is 8.90. The highest BCUT2D eigenvalue weighted by Crippen LogP contribution is 2.64. The number of ether oxygens (including phenoxy) is 4. The Balaban J connectivity index is 2.85. The third kappa shape index (κ3) is 12.7. The Bertz CT molecular complexity index is 1300. The number of methoxy groups -OCH3 is 1.